The molecule has 0 spiro atoms. The standard InChI is InChI=1S/C7H16N/c1-8(2,3)7-5-4-6-7/h7H,4-6H2,1-3H3/q+1. The summed E-state index contributed by atoms with van der Waals surface area (Å²) in [6, 6.07) is 0.968. The highest BCUT2D eigenvalue weighted by Gasteiger charge is 2.29. The first-order chi connectivity index (χ1) is 3.61. The van der Waals surface area contributed by atoms with E-state index in [-0.39, 0.29) is 0 Å². The Labute approximate surface area is 51.9 Å². The van der Waals surface area contributed by atoms with Gasteiger partial charge in [-0.05, 0) is 19.3 Å². The smallest absolute Gasteiger partial charge is 0.0884 e. The van der Waals surface area contributed by atoms with Gasteiger partial charge in [-0.2, -0.15) is 0 Å². The molecule has 0 aliphatic heterocycles. The molecule has 0 amide bonds. The van der Waals surface area contributed by atoms with Gasteiger partial charge in [-0.3, -0.25) is 0 Å². The Kier molecular flexibility index (Phi) is 1.31. The Morgan fingerprint density at radius 3 is 1.62 bits per heavy atom. The third-order valence-corrected chi connectivity index (χ3v) is 2.17. The minimum absolute atomic E-state index is 0.968. The molecule has 0 bridgehead atoms. The first kappa shape index (κ1) is 6.09. The predicted octanol–water partition coefficient (Wildman–Crippen LogP) is 1.25. The third kappa shape index (κ3) is 1.03. The molecule has 8 heavy (non-hydrogen) atoms. The zero-order chi connectivity index (χ0) is 6.20. The number of hydrogen-bond acceptors (Lipinski definition) is 0. The SMILES string of the molecule is C[N+](C)(C)C1CCC1. The molecule has 0 aromatic rings. The van der Waals surface area contributed by atoms with Gasteiger partial charge >= 0.3 is 0 Å². The molecule has 0 aromatic carbocycles. The Morgan fingerprint density at radius 2 is 1.62 bits per heavy atom. The molecule has 1 aliphatic rings. The van der Waals surface area contributed by atoms with Crippen molar-refractivity contribution in [3.8, 4) is 0 Å². The van der Waals surface area contributed by atoms with E-state index >= 15 is 0 Å². The Hall–Kier alpha value is -0.0400. The minimum atomic E-state index is 0.968. The lowest BCUT2D eigenvalue weighted by molar-refractivity contribution is -0.902. The van der Waals surface area contributed by atoms with Crippen molar-refractivity contribution in [3.05, 3.63) is 0 Å². The zero-order valence-corrected chi connectivity index (χ0v) is 6.15. The van der Waals surface area contributed by atoms with Gasteiger partial charge in [-0.15, -0.1) is 0 Å². The fourth-order valence-electron chi connectivity index (χ4n) is 1.16. The number of quaternary nitrogens is 1. The van der Waals surface area contributed by atoms with Crippen LogP contribution >= 0.6 is 0 Å². The maximum atomic E-state index is 2.28. The molecular weight excluding hydrogens is 98.1 g/mol. The van der Waals surface area contributed by atoms with Gasteiger partial charge in [0.2, 0.25) is 0 Å². The van der Waals surface area contributed by atoms with Crippen LogP contribution in [0, 0.1) is 0 Å². The Morgan fingerprint density at radius 1 is 1.12 bits per heavy atom. The molecule has 0 atom stereocenters. The first-order valence-corrected chi connectivity index (χ1v) is 3.42. The average Bonchev–Trinajstić information content (AvgIpc) is 1.16. The highest BCUT2D eigenvalue weighted by Crippen LogP contribution is 2.26. The number of rotatable bonds is 1. The van der Waals surface area contributed by atoms with Gasteiger partial charge in [-0.25, -0.2) is 0 Å². The van der Waals surface area contributed by atoms with Gasteiger partial charge in [-0.1, -0.05) is 0 Å². The topological polar surface area (TPSA) is 0 Å². The highest BCUT2D eigenvalue weighted by atomic mass is 15.3. The predicted molar refractivity (Wildman–Crippen MR) is 35.7 cm³/mol. The molecule has 1 rings (SSSR count). The van der Waals surface area contributed by atoms with E-state index in [0.717, 1.165) is 6.04 Å². The summed E-state index contributed by atoms with van der Waals surface area (Å²) in [6.07, 6.45) is 4.35. The van der Waals surface area contributed by atoms with Crippen LogP contribution in [0.15, 0.2) is 0 Å². The van der Waals surface area contributed by atoms with E-state index in [1.807, 2.05) is 0 Å². The van der Waals surface area contributed by atoms with E-state index in [0.29, 0.717) is 0 Å². The van der Waals surface area contributed by atoms with Crippen LogP contribution in [0.5, 0.6) is 0 Å². The largest absolute Gasteiger partial charge is 0.328 e. The summed E-state index contributed by atoms with van der Waals surface area (Å²) in [5, 5.41) is 0. The highest BCUT2D eigenvalue weighted by molar-refractivity contribution is 4.68. The molecule has 0 heterocycles. The summed E-state index contributed by atoms with van der Waals surface area (Å²) in [6.45, 7) is 0. The molecule has 1 saturated carbocycles. The molecule has 1 heteroatoms. The van der Waals surface area contributed by atoms with Crippen molar-refractivity contribution in [1.82, 2.24) is 0 Å². The van der Waals surface area contributed by atoms with Crippen molar-refractivity contribution in [1.29, 1.82) is 0 Å². The van der Waals surface area contributed by atoms with E-state index < -0.39 is 0 Å². The quantitative estimate of drug-likeness (QED) is 0.450. The fraction of sp³-hybridized carbons (Fsp3) is 1.00. The van der Waals surface area contributed by atoms with Crippen molar-refractivity contribution < 1.29 is 4.48 Å². The summed E-state index contributed by atoms with van der Waals surface area (Å²) in [5.41, 5.74) is 0. The molecule has 0 aromatic heterocycles. The second-order valence-corrected chi connectivity index (χ2v) is 3.70. The molecule has 0 radical (unpaired) electrons. The second kappa shape index (κ2) is 1.73. The van der Waals surface area contributed by atoms with E-state index in [1.165, 1.54) is 23.7 Å². The summed E-state index contributed by atoms with van der Waals surface area (Å²) >= 11 is 0. The first-order valence-electron chi connectivity index (χ1n) is 3.42. The van der Waals surface area contributed by atoms with Gasteiger partial charge in [0.15, 0.2) is 0 Å². The van der Waals surface area contributed by atoms with Gasteiger partial charge in [0.1, 0.15) is 0 Å². The van der Waals surface area contributed by atoms with Crippen LogP contribution in [0.4, 0.5) is 0 Å². The van der Waals surface area contributed by atoms with E-state index in [1.54, 1.807) is 0 Å². The van der Waals surface area contributed by atoms with Crippen LogP contribution in [0.25, 0.3) is 0 Å². The molecule has 0 unspecified atom stereocenters. The van der Waals surface area contributed by atoms with Crippen molar-refractivity contribution in [2.45, 2.75) is 25.3 Å². The second-order valence-electron chi connectivity index (χ2n) is 3.70. The van der Waals surface area contributed by atoms with E-state index in [9.17, 15) is 0 Å². The van der Waals surface area contributed by atoms with Gasteiger partial charge in [0.25, 0.3) is 0 Å². The summed E-state index contributed by atoms with van der Waals surface area (Å²) in [7, 11) is 6.84. The summed E-state index contributed by atoms with van der Waals surface area (Å²) in [5.74, 6) is 0. The van der Waals surface area contributed by atoms with Gasteiger partial charge in [0, 0.05) is 0 Å². The minimum Gasteiger partial charge on any atom is -0.328 e. The van der Waals surface area contributed by atoms with Crippen molar-refractivity contribution in [2.24, 2.45) is 0 Å². The summed E-state index contributed by atoms with van der Waals surface area (Å²) in [4.78, 5) is 0. The molecule has 1 fully saturated rings. The monoisotopic (exact) mass is 114 g/mol. The van der Waals surface area contributed by atoms with Gasteiger partial charge < -0.3 is 4.48 Å². The lowest BCUT2D eigenvalue weighted by Crippen LogP contribution is -2.48. The molecule has 0 N–H and O–H groups in total. The van der Waals surface area contributed by atoms with Crippen LogP contribution in [0.1, 0.15) is 19.3 Å². The Balaban J connectivity index is 2.34. The zero-order valence-electron chi connectivity index (χ0n) is 6.15. The van der Waals surface area contributed by atoms with Crippen molar-refractivity contribution in [2.75, 3.05) is 21.1 Å². The molecule has 0 saturated heterocycles. The molecular formula is C7H16N+. The molecule has 1 aliphatic carbocycles. The summed E-state index contributed by atoms with van der Waals surface area (Å²) < 4.78 is 1.17. The average molecular weight is 114 g/mol. The van der Waals surface area contributed by atoms with Crippen LogP contribution < -0.4 is 0 Å². The normalized spacial score (nSPS) is 22.9. The maximum Gasteiger partial charge on any atom is 0.0884 e. The number of hydrogen-bond donors (Lipinski definition) is 0. The van der Waals surface area contributed by atoms with Crippen molar-refractivity contribution >= 4 is 0 Å². The lowest BCUT2D eigenvalue weighted by Gasteiger charge is -2.39. The van der Waals surface area contributed by atoms with E-state index in [2.05, 4.69) is 21.1 Å². The van der Waals surface area contributed by atoms with Gasteiger partial charge in [0.05, 0.1) is 27.2 Å². The maximum absolute atomic E-state index is 2.28. The fourth-order valence-corrected chi connectivity index (χ4v) is 1.16. The van der Waals surface area contributed by atoms with Crippen LogP contribution in [-0.4, -0.2) is 31.7 Å². The number of nitrogens with zero attached hydrogens (tertiary/aromatic N) is 1. The van der Waals surface area contributed by atoms with Crippen LogP contribution in [-0.2, 0) is 0 Å². The third-order valence-electron chi connectivity index (χ3n) is 2.17. The lowest BCUT2D eigenvalue weighted by atomic mass is 9.91. The van der Waals surface area contributed by atoms with Crippen LogP contribution in [0.3, 0.4) is 0 Å². The molecule has 1 nitrogen and oxygen atoms in total. The van der Waals surface area contributed by atoms with Crippen molar-refractivity contribution in [3.63, 3.8) is 0 Å². The molecule has 48 valence electrons. The Bertz CT molecular complexity index is 76.9. The van der Waals surface area contributed by atoms with E-state index in [4.69, 9.17) is 0 Å². The van der Waals surface area contributed by atoms with Crippen LogP contribution in [0.2, 0.25) is 0 Å².